The number of benzene rings is 1. The average Bonchev–Trinajstić information content (AvgIpc) is 2.16. The van der Waals surface area contributed by atoms with Crippen molar-refractivity contribution < 1.29 is 0 Å². The second-order valence-electron chi connectivity index (χ2n) is 3.50. The smallest absolute Gasteiger partial charge is 0.0773 e. The van der Waals surface area contributed by atoms with E-state index in [-0.39, 0.29) is 5.92 Å². The predicted molar refractivity (Wildman–Crippen MR) is 65.6 cm³/mol. The van der Waals surface area contributed by atoms with Gasteiger partial charge in [-0.1, -0.05) is 37.3 Å². The first kappa shape index (κ1) is 11.0. The van der Waals surface area contributed by atoms with Gasteiger partial charge in [0.05, 0.1) is 4.99 Å². The zero-order valence-electron chi connectivity index (χ0n) is 8.58. The van der Waals surface area contributed by atoms with Gasteiger partial charge in [-0.25, -0.2) is 0 Å². The lowest BCUT2D eigenvalue weighted by Gasteiger charge is -2.13. The Morgan fingerprint density at radius 1 is 1.50 bits per heavy atom. The number of aryl methyl sites for hydroxylation is 1. The molecule has 1 rings (SSSR count). The summed E-state index contributed by atoms with van der Waals surface area (Å²) in [6.07, 6.45) is 0. The number of hydrogen-bond donors (Lipinski definition) is 2. The second-order valence-corrected chi connectivity index (χ2v) is 3.97. The highest BCUT2D eigenvalue weighted by molar-refractivity contribution is 7.80. The van der Waals surface area contributed by atoms with Gasteiger partial charge in [-0.15, -0.1) is 0 Å². The second kappa shape index (κ2) is 4.96. The molecule has 0 amide bonds. The molecule has 0 spiro atoms. The summed E-state index contributed by atoms with van der Waals surface area (Å²) in [5.41, 5.74) is 7.92. The molecule has 1 atom stereocenters. The molecular formula is C11H16N2S. The maximum absolute atomic E-state index is 5.53. The van der Waals surface area contributed by atoms with E-state index >= 15 is 0 Å². The van der Waals surface area contributed by atoms with E-state index in [1.807, 2.05) is 19.1 Å². The lowest BCUT2D eigenvalue weighted by atomic mass is 10.1. The Bertz CT molecular complexity index is 323. The summed E-state index contributed by atoms with van der Waals surface area (Å²) in [6.45, 7) is 4.89. The highest BCUT2D eigenvalue weighted by Gasteiger charge is 2.04. The van der Waals surface area contributed by atoms with E-state index in [4.69, 9.17) is 18.0 Å². The van der Waals surface area contributed by atoms with E-state index in [0.717, 1.165) is 12.2 Å². The van der Waals surface area contributed by atoms with Gasteiger partial charge in [0.1, 0.15) is 0 Å². The maximum atomic E-state index is 5.53. The molecule has 0 aliphatic heterocycles. The van der Waals surface area contributed by atoms with Crippen molar-refractivity contribution in [2.24, 2.45) is 11.7 Å². The number of nitrogens with two attached hydrogens (primary N) is 1. The molecule has 0 heterocycles. The van der Waals surface area contributed by atoms with Crippen LogP contribution < -0.4 is 11.1 Å². The van der Waals surface area contributed by atoms with Gasteiger partial charge in [-0.2, -0.15) is 0 Å². The first-order valence-corrected chi connectivity index (χ1v) is 5.11. The van der Waals surface area contributed by atoms with Crippen molar-refractivity contribution in [2.75, 3.05) is 11.9 Å². The van der Waals surface area contributed by atoms with Crippen LogP contribution in [0.1, 0.15) is 12.5 Å². The molecule has 1 aromatic carbocycles. The number of rotatable bonds is 4. The monoisotopic (exact) mass is 208 g/mol. The highest BCUT2D eigenvalue weighted by Crippen LogP contribution is 2.13. The minimum absolute atomic E-state index is 0.226. The summed E-state index contributed by atoms with van der Waals surface area (Å²) in [5, 5.41) is 3.33. The van der Waals surface area contributed by atoms with Gasteiger partial charge in [-0.05, 0) is 18.6 Å². The number of para-hydroxylation sites is 1. The number of thiocarbonyl (C=S) groups is 1. The molecule has 76 valence electrons. The number of hydrogen-bond acceptors (Lipinski definition) is 2. The normalized spacial score (nSPS) is 12.1. The molecule has 3 N–H and O–H groups in total. The minimum Gasteiger partial charge on any atom is -0.393 e. The third-order valence-electron chi connectivity index (χ3n) is 2.23. The molecule has 0 fully saturated rings. The maximum Gasteiger partial charge on any atom is 0.0773 e. The summed E-state index contributed by atoms with van der Waals surface area (Å²) in [7, 11) is 0. The molecule has 2 nitrogen and oxygen atoms in total. The molecule has 14 heavy (non-hydrogen) atoms. The average molecular weight is 208 g/mol. The van der Waals surface area contributed by atoms with Crippen molar-refractivity contribution in [3.63, 3.8) is 0 Å². The standard InChI is InChI=1S/C11H16N2S/c1-8-5-3-4-6-10(8)13-7-9(2)11(12)14/h3-6,9,13H,7H2,1-2H3,(H2,12,14). The number of nitrogens with one attached hydrogen (secondary N) is 1. The fourth-order valence-electron chi connectivity index (χ4n) is 1.13. The van der Waals surface area contributed by atoms with Crippen molar-refractivity contribution in [2.45, 2.75) is 13.8 Å². The summed E-state index contributed by atoms with van der Waals surface area (Å²) in [6, 6.07) is 8.17. The quantitative estimate of drug-likeness (QED) is 0.746. The zero-order chi connectivity index (χ0) is 10.6. The van der Waals surface area contributed by atoms with Crippen molar-refractivity contribution in [3.8, 4) is 0 Å². The molecule has 3 heteroatoms. The van der Waals surface area contributed by atoms with Crippen molar-refractivity contribution >= 4 is 22.9 Å². The first-order chi connectivity index (χ1) is 6.61. The zero-order valence-corrected chi connectivity index (χ0v) is 9.40. The molecular weight excluding hydrogens is 192 g/mol. The van der Waals surface area contributed by atoms with Crippen LogP contribution in [0, 0.1) is 12.8 Å². The number of anilines is 1. The third-order valence-corrected chi connectivity index (χ3v) is 2.63. The van der Waals surface area contributed by atoms with E-state index in [1.54, 1.807) is 0 Å². The minimum atomic E-state index is 0.226. The first-order valence-electron chi connectivity index (χ1n) is 4.70. The van der Waals surface area contributed by atoms with Crippen molar-refractivity contribution in [3.05, 3.63) is 29.8 Å². The van der Waals surface area contributed by atoms with Gasteiger partial charge >= 0.3 is 0 Å². The highest BCUT2D eigenvalue weighted by atomic mass is 32.1. The largest absolute Gasteiger partial charge is 0.393 e. The predicted octanol–water partition coefficient (Wildman–Crippen LogP) is 2.33. The van der Waals surface area contributed by atoms with E-state index in [2.05, 4.69) is 24.4 Å². The van der Waals surface area contributed by atoms with E-state index in [9.17, 15) is 0 Å². The van der Waals surface area contributed by atoms with Gasteiger partial charge < -0.3 is 11.1 Å². The Labute approximate surface area is 90.5 Å². The van der Waals surface area contributed by atoms with E-state index < -0.39 is 0 Å². The molecule has 0 saturated carbocycles. The van der Waals surface area contributed by atoms with Crippen molar-refractivity contribution in [1.82, 2.24) is 0 Å². The summed E-state index contributed by atoms with van der Waals surface area (Å²) < 4.78 is 0. The third kappa shape index (κ3) is 3.00. The molecule has 0 bridgehead atoms. The molecule has 0 aliphatic rings. The Hall–Kier alpha value is -1.09. The fraction of sp³-hybridized carbons (Fsp3) is 0.364. The van der Waals surface area contributed by atoms with Gasteiger partial charge in [0.25, 0.3) is 0 Å². The Kier molecular flexibility index (Phi) is 3.89. The molecule has 0 radical (unpaired) electrons. The lowest BCUT2D eigenvalue weighted by Crippen LogP contribution is -2.25. The van der Waals surface area contributed by atoms with Gasteiger partial charge in [-0.3, -0.25) is 0 Å². The van der Waals surface area contributed by atoms with Crippen LogP contribution in [-0.2, 0) is 0 Å². The lowest BCUT2D eigenvalue weighted by molar-refractivity contribution is 0.820. The van der Waals surface area contributed by atoms with Gasteiger partial charge in [0.2, 0.25) is 0 Å². The van der Waals surface area contributed by atoms with E-state index in [0.29, 0.717) is 4.99 Å². The molecule has 0 saturated heterocycles. The Morgan fingerprint density at radius 2 is 2.14 bits per heavy atom. The van der Waals surface area contributed by atoms with Crippen LogP contribution in [0.3, 0.4) is 0 Å². The Balaban J connectivity index is 2.54. The van der Waals surface area contributed by atoms with Crippen LogP contribution in [-0.4, -0.2) is 11.5 Å². The van der Waals surface area contributed by atoms with Crippen LogP contribution in [0.5, 0.6) is 0 Å². The van der Waals surface area contributed by atoms with Crippen LogP contribution >= 0.6 is 12.2 Å². The van der Waals surface area contributed by atoms with Crippen LogP contribution in [0.4, 0.5) is 5.69 Å². The van der Waals surface area contributed by atoms with Crippen LogP contribution in [0.15, 0.2) is 24.3 Å². The van der Waals surface area contributed by atoms with Crippen molar-refractivity contribution in [1.29, 1.82) is 0 Å². The summed E-state index contributed by atoms with van der Waals surface area (Å²) in [5.74, 6) is 0.226. The Morgan fingerprint density at radius 3 is 2.71 bits per heavy atom. The van der Waals surface area contributed by atoms with E-state index in [1.165, 1.54) is 5.56 Å². The topological polar surface area (TPSA) is 38.0 Å². The molecule has 1 unspecified atom stereocenters. The molecule has 0 aromatic heterocycles. The van der Waals surface area contributed by atoms with Crippen LogP contribution in [0.2, 0.25) is 0 Å². The van der Waals surface area contributed by atoms with Gasteiger partial charge in [0.15, 0.2) is 0 Å². The molecule has 0 aliphatic carbocycles. The fourth-order valence-corrected chi connectivity index (χ4v) is 1.22. The summed E-state index contributed by atoms with van der Waals surface area (Å²) in [4.78, 5) is 0.561. The summed E-state index contributed by atoms with van der Waals surface area (Å²) >= 11 is 4.90. The SMILES string of the molecule is Cc1ccccc1NCC(C)C(N)=S. The van der Waals surface area contributed by atoms with Gasteiger partial charge in [0, 0.05) is 18.2 Å². The van der Waals surface area contributed by atoms with Crippen LogP contribution in [0.25, 0.3) is 0 Å². The molecule has 1 aromatic rings.